The van der Waals surface area contributed by atoms with Crippen LogP contribution in [0.3, 0.4) is 0 Å². The number of nitrogens with zero attached hydrogens (tertiary/aromatic N) is 1. The van der Waals surface area contributed by atoms with Crippen LogP contribution < -0.4 is 5.32 Å². The van der Waals surface area contributed by atoms with Crippen LogP contribution in [0.1, 0.15) is 26.2 Å². The highest BCUT2D eigenvalue weighted by Gasteiger charge is 2.16. The van der Waals surface area contributed by atoms with E-state index in [1.54, 1.807) is 0 Å². The van der Waals surface area contributed by atoms with E-state index in [1.165, 1.54) is 12.3 Å². The zero-order valence-electron chi connectivity index (χ0n) is 12.5. The Hall–Kier alpha value is -2.24. The lowest BCUT2D eigenvalue weighted by Gasteiger charge is -2.06. The first kappa shape index (κ1) is 16.1. The predicted molar refractivity (Wildman–Crippen MR) is 78.0 cm³/mol. The molecule has 22 heavy (non-hydrogen) atoms. The van der Waals surface area contributed by atoms with Gasteiger partial charge >= 0.3 is 0 Å². The Morgan fingerprint density at radius 1 is 1.32 bits per heavy atom. The van der Waals surface area contributed by atoms with E-state index in [2.05, 4.69) is 10.3 Å². The van der Waals surface area contributed by atoms with Crippen LogP contribution in [-0.2, 0) is 11.2 Å². The maximum absolute atomic E-state index is 13.6. The molecule has 1 amide bonds. The van der Waals surface area contributed by atoms with Gasteiger partial charge in [-0.1, -0.05) is 19.9 Å². The van der Waals surface area contributed by atoms with Gasteiger partial charge in [-0.25, -0.2) is 13.8 Å². The fourth-order valence-corrected chi connectivity index (χ4v) is 1.90. The third-order valence-electron chi connectivity index (χ3n) is 3.04. The smallest absolute Gasteiger partial charge is 0.220 e. The summed E-state index contributed by atoms with van der Waals surface area (Å²) in [5.74, 6) is -0.855. The Morgan fingerprint density at radius 3 is 2.64 bits per heavy atom. The van der Waals surface area contributed by atoms with Crippen LogP contribution in [-0.4, -0.2) is 17.4 Å². The average molecular weight is 308 g/mol. The molecule has 0 radical (unpaired) electrons. The van der Waals surface area contributed by atoms with Gasteiger partial charge in [0.15, 0.2) is 11.7 Å². The lowest BCUT2D eigenvalue weighted by Crippen LogP contribution is -2.27. The molecular formula is C16H18F2N2O2. The number of hydrogen-bond donors (Lipinski definition) is 1. The molecule has 4 nitrogen and oxygen atoms in total. The molecule has 0 fully saturated rings. The fourth-order valence-electron chi connectivity index (χ4n) is 1.90. The number of nitrogens with one attached hydrogen (secondary N) is 1. The maximum Gasteiger partial charge on any atom is 0.220 e. The molecule has 1 heterocycles. The standard InChI is InChI=1S/C16H18F2N2O2/c1-10(2)8-19-14(21)6-7-15-20-9-13(22-15)16-11(17)4-3-5-12(16)18/h3-5,9-10H,6-8H2,1-2H3,(H,19,21). The molecule has 0 spiro atoms. The van der Waals surface area contributed by atoms with Crippen LogP contribution in [0.25, 0.3) is 11.3 Å². The third kappa shape index (κ3) is 4.13. The van der Waals surface area contributed by atoms with Crippen molar-refractivity contribution in [3.63, 3.8) is 0 Å². The van der Waals surface area contributed by atoms with Crippen molar-refractivity contribution in [3.05, 3.63) is 41.9 Å². The summed E-state index contributed by atoms with van der Waals surface area (Å²) in [6, 6.07) is 3.59. The van der Waals surface area contributed by atoms with Gasteiger partial charge in [-0.2, -0.15) is 0 Å². The molecular weight excluding hydrogens is 290 g/mol. The topological polar surface area (TPSA) is 55.1 Å². The SMILES string of the molecule is CC(C)CNC(=O)CCc1ncc(-c2c(F)cccc2F)o1. The fraction of sp³-hybridized carbons (Fsp3) is 0.375. The summed E-state index contributed by atoms with van der Waals surface area (Å²) >= 11 is 0. The van der Waals surface area contributed by atoms with Crippen LogP contribution in [0.5, 0.6) is 0 Å². The number of hydrogen-bond acceptors (Lipinski definition) is 3. The van der Waals surface area contributed by atoms with Crippen LogP contribution in [0.2, 0.25) is 0 Å². The first-order valence-corrected chi connectivity index (χ1v) is 7.13. The minimum atomic E-state index is -0.711. The van der Waals surface area contributed by atoms with E-state index < -0.39 is 11.6 Å². The number of benzene rings is 1. The zero-order chi connectivity index (χ0) is 16.1. The minimum Gasteiger partial charge on any atom is -0.441 e. The van der Waals surface area contributed by atoms with Crippen molar-refractivity contribution in [3.8, 4) is 11.3 Å². The van der Waals surface area contributed by atoms with Gasteiger partial charge in [-0.05, 0) is 18.1 Å². The summed E-state index contributed by atoms with van der Waals surface area (Å²) in [6.45, 7) is 4.61. The van der Waals surface area contributed by atoms with E-state index in [9.17, 15) is 13.6 Å². The summed E-state index contributed by atoms with van der Waals surface area (Å²) in [4.78, 5) is 15.6. The normalized spacial score (nSPS) is 11.0. The molecule has 2 aromatic rings. The summed E-state index contributed by atoms with van der Waals surface area (Å²) in [5, 5.41) is 2.78. The van der Waals surface area contributed by atoms with Crippen molar-refractivity contribution in [2.45, 2.75) is 26.7 Å². The Balaban J connectivity index is 1.99. The Morgan fingerprint density at radius 2 is 2.00 bits per heavy atom. The second-order valence-electron chi connectivity index (χ2n) is 5.41. The molecule has 6 heteroatoms. The molecule has 0 aliphatic rings. The van der Waals surface area contributed by atoms with Gasteiger partial charge < -0.3 is 9.73 Å². The number of oxazole rings is 1. The van der Waals surface area contributed by atoms with Crippen LogP contribution >= 0.6 is 0 Å². The van der Waals surface area contributed by atoms with Crippen LogP contribution in [0.15, 0.2) is 28.8 Å². The van der Waals surface area contributed by atoms with E-state index in [1.807, 2.05) is 13.8 Å². The van der Waals surface area contributed by atoms with Gasteiger partial charge in [0, 0.05) is 19.4 Å². The second kappa shape index (κ2) is 7.15. The third-order valence-corrected chi connectivity index (χ3v) is 3.04. The molecule has 0 atom stereocenters. The van der Waals surface area contributed by atoms with E-state index in [4.69, 9.17) is 4.42 Å². The molecule has 0 bridgehead atoms. The monoisotopic (exact) mass is 308 g/mol. The Labute approximate surface area is 127 Å². The molecule has 1 aromatic heterocycles. The molecule has 0 aliphatic heterocycles. The lowest BCUT2D eigenvalue weighted by molar-refractivity contribution is -0.121. The van der Waals surface area contributed by atoms with Gasteiger partial charge in [0.05, 0.1) is 11.8 Å². The molecule has 0 unspecified atom stereocenters. The molecule has 0 saturated heterocycles. The number of carbonyl (C=O) groups excluding carboxylic acids is 1. The highest BCUT2D eigenvalue weighted by atomic mass is 19.1. The van der Waals surface area contributed by atoms with Crippen molar-refractivity contribution in [1.82, 2.24) is 10.3 Å². The van der Waals surface area contributed by atoms with Crippen molar-refractivity contribution < 1.29 is 18.0 Å². The van der Waals surface area contributed by atoms with Gasteiger partial charge in [0.2, 0.25) is 5.91 Å². The average Bonchev–Trinajstić information content (AvgIpc) is 2.91. The summed E-state index contributed by atoms with van der Waals surface area (Å²) in [7, 11) is 0. The highest BCUT2D eigenvalue weighted by molar-refractivity contribution is 5.76. The van der Waals surface area contributed by atoms with Gasteiger partial charge in [0.1, 0.15) is 11.6 Å². The first-order chi connectivity index (χ1) is 10.5. The van der Waals surface area contributed by atoms with Gasteiger partial charge in [-0.15, -0.1) is 0 Å². The van der Waals surface area contributed by atoms with E-state index in [-0.39, 0.29) is 36.0 Å². The quantitative estimate of drug-likeness (QED) is 0.890. The summed E-state index contributed by atoms with van der Waals surface area (Å²) in [6.07, 6.45) is 1.76. The van der Waals surface area contributed by atoms with Crippen molar-refractivity contribution in [2.75, 3.05) is 6.54 Å². The molecule has 1 N–H and O–H groups in total. The van der Waals surface area contributed by atoms with Crippen molar-refractivity contribution in [1.29, 1.82) is 0 Å². The number of halogens is 2. The number of aromatic nitrogens is 1. The highest BCUT2D eigenvalue weighted by Crippen LogP contribution is 2.26. The maximum atomic E-state index is 13.6. The van der Waals surface area contributed by atoms with E-state index >= 15 is 0 Å². The summed E-state index contributed by atoms with van der Waals surface area (Å²) in [5.41, 5.74) is -0.245. The number of amides is 1. The number of rotatable bonds is 6. The predicted octanol–water partition coefficient (Wildman–Crippen LogP) is 3.32. The summed E-state index contributed by atoms with van der Waals surface area (Å²) < 4.78 is 32.6. The molecule has 0 saturated carbocycles. The Bertz CT molecular complexity index is 633. The van der Waals surface area contributed by atoms with Crippen LogP contribution in [0.4, 0.5) is 8.78 Å². The van der Waals surface area contributed by atoms with Gasteiger partial charge in [0.25, 0.3) is 0 Å². The first-order valence-electron chi connectivity index (χ1n) is 7.13. The molecule has 0 aliphatic carbocycles. The van der Waals surface area contributed by atoms with E-state index in [0.717, 1.165) is 12.1 Å². The lowest BCUT2D eigenvalue weighted by atomic mass is 10.1. The van der Waals surface area contributed by atoms with Crippen LogP contribution in [0, 0.1) is 17.6 Å². The second-order valence-corrected chi connectivity index (χ2v) is 5.41. The van der Waals surface area contributed by atoms with Crippen molar-refractivity contribution in [2.24, 2.45) is 5.92 Å². The molecule has 2 rings (SSSR count). The number of aryl methyl sites for hydroxylation is 1. The minimum absolute atomic E-state index is 0.0215. The zero-order valence-corrected chi connectivity index (χ0v) is 12.5. The number of carbonyl (C=O) groups is 1. The van der Waals surface area contributed by atoms with Gasteiger partial charge in [-0.3, -0.25) is 4.79 Å². The molecule has 118 valence electrons. The van der Waals surface area contributed by atoms with Crippen molar-refractivity contribution >= 4 is 5.91 Å². The van der Waals surface area contributed by atoms with E-state index in [0.29, 0.717) is 12.5 Å². The Kier molecular flexibility index (Phi) is 5.25. The largest absolute Gasteiger partial charge is 0.441 e. The molecule has 1 aromatic carbocycles.